The van der Waals surface area contributed by atoms with Crippen LogP contribution in [0, 0.1) is 6.92 Å². The Labute approximate surface area is 196 Å². The van der Waals surface area contributed by atoms with Crippen molar-refractivity contribution in [3.05, 3.63) is 89.2 Å². The quantitative estimate of drug-likeness (QED) is 0.509. The summed E-state index contributed by atoms with van der Waals surface area (Å²) in [5, 5.41) is 9.22. The van der Waals surface area contributed by atoms with E-state index in [0.29, 0.717) is 5.56 Å². The summed E-state index contributed by atoms with van der Waals surface area (Å²) in [4.78, 5) is 8.90. The molecule has 0 radical (unpaired) electrons. The minimum absolute atomic E-state index is 0.663. The number of aliphatic hydroxyl groups is 1. The molecule has 1 saturated heterocycles. The molecule has 34 heavy (non-hydrogen) atoms. The van der Waals surface area contributed by atoms with Gasteiger partial charge >= 0.3 is 12.0 Å². The minimum atomic E-state index is -5.39. The van der Waals surface area contributed by atoms with Gasteiger partial charge in [-0.2, -0.15) is 17.6 Å². The van der Waals surface area contributed by atoms with E-state index in [1.54, 1.807) is 0 Å². The summed E-state index contributed by atoms with van der Waals surface area (Å²) in [6.07, 6.45) is -1.76. The predicted molar refractivity (Wildman–Crippen MR) is 122 cm³/mol. The molecule has 1 unspecified atom stereocenters. The van der Waals surface area contributed by atoms with Gasteiger partial charge in [-0.25, -0.2) is 0 Å². The topological polar surface area (TPSA) is 39.6 Å². The molecule has 1 aromatic heterocycles. The molecule has 2 heterocycles. The fourth-order valence-corrected chi connectivity index (χ4v) is 4.29. The predicted octanol–water partition coefficient (Wildman–Crippen LogP) is 5.05. The van der Waals surface area contributed by atoms with Crippen LogP contribution in [0.15, 0.2) is 67.0 Å². The lowest BCUT2D eigenvalue weighted by Crippen LogP contribution is -2.45. The summed E-state index contributed by atoms with van der Waals surface area (Å²) in [6.45, 7) is 7.61. The Hall–Kier alpha value is -2.81. The molecule has 3 aromatic rings. The molecule has 1 aliphatic rings. The van der Waals surface area contributed by atoms with E-state index in [2.05, 4.69) is 20.9 Å². The number of aromatic nitrogens is 1. The van der Waals surface area contributed by atoms with Gasteiger partial charge in [0.05, 0.1) is 0 Å². The van der Waals surface area contributed by atoms with Gasteiger partial charge in [-0.05, 0) is 46.9 Å². The second-order valence-corrected chi connectivity index (χ2v) is 8.75. The van der Waals surface area contributed by atoms with Crippen LogP contribution in [-0.4, -0.2) is 52.2 Å². The number of alkyl halides is 4. The van der Waals surface area contributed by atoms with Crippen molar-refractivity contribution in [3.8, 4) is 11.1 Å². The van der Waals surface area contributed by atoms with E-state index in [0.717, 1.165) is 68.1 Å². The third-order valence-electron chi connectivity index (χ3n) is 6.27. The van der Waals surface area contributed by atoms with Crippen molar-refractivity contribution >= 4 is 0 Å². The number of piperazine rings is 1. The zero-order valence-corrected chi connectivity index (χ0v) is 18.9. The molecule has 1 fully saturated rings. The van der Waals surface area contributed by atoms with E-state index in [1.165, 1.54) is 17.7 Å². The van der Waals surface area contributed by atoms with E-state index < -0.39 is 17.6 Å². The zero-order valence-electron chi connectivity index (χ0n) is 18.9. The first-order valence-corrected chi connectivity index (χ1v) is 11.2. The molecular formula is C26H27F4N3O. The first kappa shape index (κ1) is 24.3. The summed E-state index contributed by atoms with van der Waals surface area (Å²) >= 11 is 0. The monoisotopic (exact) mass is 473 g/mol. The van der Waals surface area contributed by atoms with Gasteiger partial charge < -0.3 is 5.11 Å². The fourth-order valence-electron chi connectivity index (χ4n) is 4.29. The molecule has 0 amide bonds. The van der Waals surface area contributed by atoms with Crippen molar-refractivity contribution in [3.63, 3.8) is 0 Å². The average molecular weight is 474 g/mol. The molecule has 2 aromatic carbocycles. The molecule has 4 rings (SSSR count). The Bertz CT molecular complexity index is 1090. The maximum atomic E-state index is 13.8. The van der Waals surface area contributed by atoms with Crippen LogP contribution in [0.4, 0.5) is 17.6 Å². The number of benzene rings is 2. The van der Waals surface area contributed by atoms with E-state index in [9.17, 15) is 22.7 Å². The molecule has 4 nitrogen and oxygen atoms in total. The summed E-state index contributed by atoms with van der Waals surface area (Å²) in [5.41, 5.74) is 4.09. The van der Waals surface area contributed by atoms with Gasteiger partial charge in [0.15, 0.2) is 0 Å². The zero-order chi connectivity index (χ0) is 24.3. The van der Waals surface area contributed by atoms with E-state index in [1.807, 2.05) is 43.6 Å². The molecule has 0 aliphatic carbocycles. The van der Waals surface area contributed by atoms with Gasteiger partial charge in [-0.15, -0.1) is 0 Å². The summed E-state index contributed by atoms with van der Waals surface area (Å²) in [6, 6.07) is 14.9. The van der Waals surface area contributed by atoms with Gasteiger partial charge in [0.25, 0.3) is 0 Å². The Kier molecular flexibility index (Phi) is 7.02. The summed E-state index contributed by atoms with van der Waals surface area (Å²) < 4.78 is 52.0. The molecule has 0 spiro atoms. The van der Waals surface area contributed by atoms with Crippen LogP contribution in [0.3, 0.4) is 0 Å². The van der Waals surface area contributed by atoms with Gasteiger partial charge in [0.2, 0.25) is 0 Å². The first-order chi connectivity index (χ1) is 16.1. The maximum Gasteiger partial charge on any atom is 0.453 e. The number of hydrogen-bond donors (Lipinski definition) is 1. The molecular weight excluding hydrogens is 446 g/mol. The summed E-state index contributed by atoms with van der Waals surface area (Å²) in [5.74, 6) is -4.37. The van der Waals surface area contributed by atoms with E-state index >= 15 is 0 Å². The van der Waals surface area contributed by atoms with Crippen molar-refractivity contribution in [2.75, 3.05) is 26.2 Å². The van der Waals surface area contributed by atoms with Crippen molar-refractivity contribution in [1.82, 2.24) is 14.8 Å². The Balaban J connectivity index is 1.36. The van der Waals surface area contributed by atoms with Gasteiger partial charge in [-0.1, -0.05) is 42.5 Å². The van der Waals surface area contributed by atoms with Crippen molar-refractivity contribution in [1.29, 1.82) is 0 Å². The third kappa shape index (κ3) is 5.46. The van der Waals surface area contributed by atoms with Crippen LogP contribution in [0.25, 0.3) is 11.1 Å². The van der Waals surface area contributed by atoms with Crippen molar-refractivity contribution in [2.24, 2.45) is 0 Å². The minimum Gasteiger partial charge on any atom is -0.351 e. The van der Waals surface area contributed by atoms with Crippen LogP contribution in [0.2, 0.25) is 0 Å². The number of rotatable bonds is 6. The molecule has 180 valence electrons. The Morgan fingerprint density at radius 2 is 1.35 bits per heavy atom. The second-order valence-electron chi connectivity index (χ2n) is 8.75. The second kappa shape index (κ2) is 9.82. The Morgan fingerprint density at radius 1 is 0.794 bits per heavy atom. The van der Waals surface area contributed by atoms with E-state index in [-0.39, 0.29) is 0 Å². The number of pyridine rings is 1. The van der Waals surface area contributed by atoms with Gasteiger partial charge in [0.1, 0.15) is 0 Å². The molecule has 0 bridgehead atoms. The highest BCUT2D eigenvalue weighted by Crippen LogP contribution is 2.40. The van der Waals surface area contributed by atoms with Gasteiger partial charge in [-0.3, -0.25) is 14.8 Å². The van der Waals surface area contributed by atoms with Crippen LogP contribution in [-0.2, 0) is 18.9 Å². The van der Waals surface area contributed by atoms with Crippen LogP contribution in [0.1, 0.15) is 22.3 Å². The summed E-state index contributed by atoms with van der Waals surface area (Å²) in [7, 11) is 0. The molecule has 1 atom stereocenters. The number of nitrogens with zero attached hydrogens (tertiary/aromatic N) is 3. The lowest BCUT2D eigenvalue weighted by Gasteiger charge is -2.34. The SMILES string of the molecule is Cc1cc(CN2CCN(Cc3ccncc3)CC2)ccc1-c1ccc(C(O)(F)C(F)(F)F)cc1. The molecule has 1 N–H and O–H groups in total. The highest BCUT2D eigenvalue weighted by molar-refractivity contribution is 5.68. The Morgan fingerprint density at radius 3 is 1.88 bits per heavy atom. The largest absolute Gasteiger partial charge is 0.453 e. The van der Waals surface area contributed by atoms with Crippen LogP contribution in [0.5, 0.6) is 0 Å². The van der Waals surface area contributed by atoms with Gasteiger partial charge in [0, 0.05) is 57.2 Å². The highest BCUT2D eigenvalue weighted by atomic mass is 19.4. The smallest absolute Gasteiger partial charge is 0.351 e. The van der Waals surface area contributed by atoms with Crippen LogP contribution < -0.4 is 0 Å². The van der Waals surface area contributed by atoms with Crippen molar-refractivity contribution < 1.29 is 22.7 Å². The van der Waals surface area contributed by atoms with E-state index in [4.69, 9.17) is 0 Å². The molecule has 0 saturated carbocycles. The van der Waals surface area contributed by atoms with Crippen LogP contribution >= 0.6 is 0 Å². The lowest BCUT2D eigenvalue weighted by molar-refractivity contribution is -0.323. The molecule has 1 aliphatic heterocycles. The van der Waals surface area contributed by atoms with Crippen molar-refractivity contribution in [2.45, 2.75) is 32.0 Å². The fraction of sp³-hybridized carbons (Fsp3) is 0.346. The number of hydrogen-bond acceptors (Lipinski definition) is 4. The number of halogens is 4. The maximum absolute atomic E-state index is 13.8. The number of aryl methyl sites for hydroxylation is 1. The lowest BCUT2D eigenvalue weighted by atomic mass is 9.96. The molecule has 8 heteroatoms. The third-order valence-corrected chi connectivity index (χ3v) is 6.27. The first-order valence-electron chi connectivity index (χ1n) is 11.2. The average Bonchev–Trinajstić information content (AvgIpc) is 2.81. The standard InChI is InChI=1S/C26H27F4N3O/c1-19-16-21(18-33-14-12-32(13-15-33)17-20-8-10-31-11-9-20)2-7-24(19)22-3-5-23(6-4-22)25(27,34)26(28,29)30/h2-11,16,34H,12-15,17-18H2,1H3. The normalized spacial score (nSPS) is 17.5. The highest BCUT2D eigenvalue weighted by Gasteiger charge is 2.56.